The molecule has 33 heavy (non-hydrogen) atoms. The van der Waals surface area contributed by atoms with Gasteiger partial charge in [0.15, 0.2) is 5.65 Å². The highest BCUT2D eigenvalue weighted by atomic mass is 19.4. The fourth-order valence-corrected chi connectivity index (χ4v) is 3.96. The summed E-state index contributed by atoms with van der Waals surface area (Å²) in [6.07, 6.45) is -1.60. The molecule has 0 saturated heterocycles. The fraction of sp³-hybridized carbons (Fsp3) is 0.190. The third kappa shape index (κ3) is 3.43. The van der Waals surface area contributed by atoms with Gasteiger partial charge in [-0.05, 0) is 24.3 Å². The minimum absolute atomic E-state index is 0.00602. The number of nitrogens with one attached hydrogen (secondary N) is 1. The molecule has 2 aromatic heterocycles. The van der Waals surface area contributed by atoms with Gasteiger partial charge in [-0.1, -0.05) is 0 Å². The monoisotopic (exact) mass is 459 g/mol. The number of rotatable bonds is 4. The zero-order chi connectivity index (χ0) is 23.3. The molecule has 0 saturated carbocycles. The van der Waals surface area contributed by atoms with E-state index in [1.807, 2.05) is 0 Å². The molecule has 5 rings (SSSR count). The van der Waals surface area contributed by atoms with Crippen molar-refractivity contribution < 1.29 is 22.3 Å². The fourth-order valence-electron chi connectivity index (χ4n) is 3.96. The molecule has 0 amide bonds. The van der Waals surface area contributed by atoms with Crippen LogP contribution in [0.15, 0.2) is 36.8 Å². The highest BCUT2D eigenvalue weighted by Crippen LogP contribution is 2.43. The summed E-state index contributed by atoms with van der Waals surface area (Å²) in [6.45, 7) is 0.545. The van der Waals surface area contributed by atoms with Crippen LogP contribution in [0, 0.1) is 5.82 Å². The Hall–Kier alpha value is -4.09. The quantitative estimate of drug-likeness (QED) is 0.315. The van der Waals surface area contributed by atoms with Crippen molar-refractivity contribution in [2.24, 2.45) is 0 Å². The Morgan fingerprint density at radius 1 is 1.15 bits per heavy atom. The predicted molar refractivity (Wildman–Crippen MR) is 113 cm³/mol. The molecule has 2 aromatic carbocycles. The van der Waals surface area contributed by atoms with Gasteiger partial charge in [0.25, 0.3) is 0 Å². The Bertz CT molecular complexity index is 1380. The number of benzene rings is 2. The van der Waals surface area contributed by atoms with Crippen LogP contribution in [-0.4, -0.2) is 26.2 Å². The van der Waals surface area contributed by atoms with Crippen molar-refractivity contribution in [3.63, 3.8) is 0 Å². The van der Waals surface area contributed by atoms with Gasteiger partial charge in [0.1, 0.15) is 17.9 Å². The van der Waals surface area contributed by atoms with E-state index in [0.717, 1.165) is 17.7 Å². The summed E-state index contributed by atoms with van der Waals surface area (Å²) < 4.78 is 62.4. The molecule has 0 radical (unpaired) electrons. The Kier molecular flexibility index (Phi) is 4.73. The smallest absolute Gasteiger partial charge is 0.417 e. The molecule has 170 valence electrons. The molecule has 3 heterocycles. The van der Waals surface area contributed by atoms with Crippen molar-refractivity contribution >= 4 is 23.0 Å². The van der Waals surface area contributed by atoms with Gasteiger partial charge in [-0.3, -0.25) is 4.40 Å². The first kappa shape index (κ1) is 20.8. The summed E-state index contributed by atoms with van der Waals surface area (Å²) in [6, 6.07) is 4.87. The first-order valence-electron chi connectivity index (χ1n) is 9.87. The van der Waals surface area contributed by atoms with Crippen LogP contribution in [0.2, 0.25) is 0 Å². The highest BCUT2D eigenvalue weighted by Gasteiger charge is 2.36. The number of nitrogens with two attached hydrogens (primary N) is 2. The lowest BCUT2D eigenvalue weighted by Crippen LogP contribution is -2.12. The van der Waals surface area contributed by atoms with Crippen molar-refractivity contribution in [2.75, 3.05) is 23.4 Å². The van der Waals surface area contributed by atoms with E-state index in [-0.39, 0.29) is 40.6 Å². The van der Waals surface area contributed by atoms with E-state index in [2.05, 4.69) is 20.5 Å². The van der Waals surface area contributed by atoms with Crippen LogP contribution in [0.5, 0.6) is 5.75 Å². The molecule has 5 N–H and O–H groups in total. The maximum atomic E-state index is 14.4. The average molecular weight is 459 g/mol. The molecular formula is C21H17F4N7O. The van der Waals surface area contributed by atoms with Crippen molar-refractivity contribution in [1.29, 1.82) is 0 Å². The number of aromatic nitrogens is 4. The van der Waals surface area contributed by atoms with Gasteiger partial charge >= 0.3 is 6.18 Å². The molecule has 1 aliphatic rings. The average Bonchev–Trinajstić information content (AvgIpc) is 3.44. The minimum Gasteiger partial charge on any atom is -0.493 e. The van der Waals surface area contributed by atoms with Crippen LogP contribution in [0.4, 0.5) is 34.9 Å². The second kappa shape index (κ2) is 7.50. The normalized spacial score (nSPS) is 13.2. The lowest BCUT2D eigenvalue weighted by atomic mass is 9.98. The lowest BCUT2D eigenvalue weighted by Gasteiger charge is -2.18. The number of nitrogens with zero attached hydrogens (tertiary/aromatic N) is 4. The van der Waals surface area contributed by atoms with Crippen LogP contribution < -0.4 is 21.5 Å². The summed E-state index contributed by atoms with van der Waals surface area (Å²) in [5.74, 6) is 0.444. The molecule has 4 aromatic rings. The van der Waals surface area contributed by atoms with Crippen molar-refractivity contribution in [3.05, 3.63) is 59.3 Å². The van der Waals surface area contributed by atoms with Crippen LogP contribution in [0.3, 0.4) is 0 Å². The number of halogens is 4. The largest absolute Gasteiger partial charge is 0.493 e. The molecule has 0 aliphatic carbocycles. The second-order valence-electron chi connectivity index (χ2n) is 7.46. The number of nitrogen functional groups attached to an aromatic ring is 2. The zero-order valence-corrected chi connectivity index (χ0v) is 16.9. The SMILES string of the molecule is Nc1ccc(C(F)(F)F)c(-c2cnc(NCc3c(F)ccc4c3CCO4)n3cnnc23)c1N. The van der Waals surface area contributed by atoms with Crippen LogP contribution >= 0.6 is 0 Å². The third-order valence-corrected chi connectivity index (χ3v) is 5.55. The van der Waals surface area contributed by atoms with Crippen LogP contribution in [0.1, 0.15) is 16.7 Å². The van der Waals surface area contributed by atoms with E-state index < -0.39 is 17.6 Å². The van der Waals surface area contributed by atoms with Crippen molar-refractivity contribution in [2.45, 2.75) is 19.1 Å². The van der Waals surface area contributed by atoms with Gasteiger partial charge < -0.3 is 21.5 Å². The summed E-state index contributed by atoms with van der Waals surface area (Å²) in [7, 11) is 0. The third-order valence-electron chi connectivity index (χ3n) is 5.55. The molecular weight excluding hydrogens is 442 g/mol. The van der Waals surface area contributed by atoms with Gasteiger partial charge in [-0.2, -0.15) is 13.2 Å². The highest BCUT2D eigenvalue weighted by molar-refractivity contribution is 5.92. The zero-order valence-electron chi connectivity index (χ0n) is 16.9. The lowest BCUT2D eigenvalue weighted by molar-refractivity contribution is -0.137. The van der Waals surface area contributed by atoms with Crippen molar-refractivity contribution in [1.82, 2.24) is 19.6 Å². The number of fused-ring (bicyclic) bond motifs is 2. The Labute approximate surface area is 184 Å². The maximum Gasteiger partial charge on any atom is 0.417 e. The number of ether oxygens (including phenoxy) is 1. The maximum absolute atomic E-state index is 14.4. The summed E-state index contributed by atoms with van der Waals surface area (Å²) >= 11 is 0. The van der Waals surface area contributed by atoms with E-state index in [1.54, 1.807) is 6.07 Å². The first-order valence-corrected chi connectivity index (χ1v) is 9.87. The molecule has 0 bridgehead atoms. The van der Waals surface area contributed by atoms with Gasteiger partial charge in [0.2, 0.25) is 5.95 Å². The number of hydrogen-bond acceptors (Lipinski definition) is 7. The molecule has 0 fully saturated rings. The topological polar surface area (TPSA) is 116 Å². The van der Waals surface area contributed by atoms with E-state index >= 15 is 0 Å². The Morgan fingerprint density at radius 3 is 2.76 bits per heavy atom. The van der Waals surface area contributed by atoms with Gasteiger partial charge in [-0.15, -0.1) is 10.2 Å². The Morgan fingerprint density at radius 2 is 1.97 bits per heavy atom. The van der Waals surface area contributed by atoms with Crippen LogP contribution in [-0.2, 0) is 19.1 Å². The van der Waals surface area contributed by atoms with E-state index in [0.29, 0.717) is 24.3 Å². The molecule has 0 spiro atoms. The van der Waals surface area contributed by atoms with Gasteiger partial charge in [0, 0.05) is 41.4 Å². The molecule has 0 unspecified atom stereocenters. The predicted octanol–water partition coefficient (Wildman–Crippen LogP) is 3.66. The van der Waals surface area contributed by atoms with Crippen LogP contribution in [0.25, 0.3) is 16.8 Å². The Balaban J connectivity index is 1.57. The summed E-state index contributed by atoms with van der Waals surface area (Å²) in [5.41, 5.74) is 11.5. The van der Waals surface area contributed by atoms with E-state index in [9.17, 15) is 17.6 Å². The van der Waals surface area contributed by atoms with Gasteiger partial charge in [-0.25, -0.2) is 9.37 Å². The summed E-state index contributed by atoms with van der Waals surface area (Å²) in [4.78, 5) is 4.24. The van der Waals surface area contributed by atoms with Gasteiger partial charge in [0.05, 0.1) is 23.5 Å². The number of alkyl halides is 3. The molecule has 1 aliphatic heterocycles. The second-order valence-corrected chi connectivity index (χ2v) is 7.46. The number of hydrogen-bond donors (Lipinski definition) is 3. The van der Waals surface area contributed by atoms with E-state index in [1.165, 1.54) is 23.0 Å². The van der Waals surface area contributed by atoms with E-state index in [4.69, 9.17) is 16.2 Å². The minimum atomic E-state index is -4.68. The molecule has 0 atom stereocenters. The molecule has 12 heteroatoms. The number of anilines is 3. The first-order chi connectivity index (χ1) is 15.8. The molecule has 8 nitrogen and oxygen atoms in total. The standard InChI is InChI=1S/C21H17F4N7O/c22-14-2-4-16-10(5-6-33-16)11(14)7-28-20-29-8-12(19-31-30-9-32(19)20)17-13(21(23,24)25)1-3-15(26)18(17)27/h1-4,8-9H,5-7,26-27H2,(H,28,29). The van der Waals surface area contributed by atoms with Crippen molar-refractivity contribution in [3.8, 4) is 16.9 Å². The summed E-state index contributed by atoms with van der Waals surface area (Å²) in [5, 5.41) is 10.8.